The molecule has 1 rings (SSSR count). The number of alkyl halides is 2. The van der Waals surface area contributed by atoms with Crippen LogP contribution < -0.4 is 4.74 Å². The van der Waals surface area contributed by atoms with Crippen LogP contribution in [0, 0.1) is 6.92 Å². The number of halogens is 2. The fraction of sp³-hybridized carbons (Fsp3) is 0.500. The summed E-state index contributed by atoms with van der Waals surface area (Å²) in [5.74, 6) is -0.396. The molecule has 1 aromatic carbocycles. The number of rotatable bonds is 7. The molecule has 0 saturated heterocycles. The van der Waals surface area contributed by atoms with Gasteiger partial charge in [0, 0.05) is 25.3 Å². The summed E-state index contributed by atoms with van der Waals surface area (Å²) in [7, 11) is -3.01. The molecule has 0 bridgehead atoms. The zero-order valence-corrected chi connectivity index (χ0v) is 12.5. The van der Waals surface area contributed by atoms with E-state index >= 15 is 0 Å². The normalized spacial score (nSPS) is 12.5. The Morgan fingerprint density at radius 2 is 1.57 bits per heavy atom. The highest BCUT2D eigenvalue weighted by atomic mass is 32.2. The van der Waals surface area contributed by atoms with Gasteiger partial charge in [-0.25, -0.2) is 0 Å². The van der Waals surface area contributed by atoms with E-state index < -0.39 is 21.3 Å². The number of aryl methyl sites for hydroxylation is 1. The second-order valence-corrected chi connectivity index (χ2v) is 5.74. The Labute approximate surface area is 121 Å². The first-order valence-electron chi connectivity index (χ1n) is 5.76. The van der Waals surface area contributed by atoms with Gasteiger partial charge in [0.2, 0.25) is 0 Å². The first-order chi connectivity index (χ1) is 9.62. The molecule has 9 heteroatoms. The average Bonchev–Trinajstić information content (AvgIpc) is 2.32. The Balaban J connectivity index is 3.37. The average molecular weight is 326 g/mol. The van der Waals surface area contributed by atoms with Crippen LogP contribution in [0.15, 0.2) is 12.1 Å². The summed E-state index contributed by atoms with van der Waals surface area (Å²) in [4.78, 5) is 0. The molecule has 0 aromatic heterocycles. The molecule has 0 aliphatic heterocycles. The molecule has 6 nitrogen and oxygen atoms in total. The van der Waals surface area contributed by atoms with Crippen LogP contribution in [-0.2, 0) is 32.8 Å². The van der Waals surface area contributed by atoms with Crippen molar-refractivity contribution in [2.24, 2.45) is 0 Å². The maximum Gasteiger partial charge on any atom is 0.533 e. The number of hydrogen-bond donors (Lipinski definition) is 1. The highest BCUT2D eigenvalue weighted by molar-refractivity contribution is 7.86. The maximum atomic E-state index is 13.4. The first-order valence-corrected chi connectivity index (χ1v) is 7.20. The van der Waals surface area contributed by atoms with Crippen LogP contribution in [0.1, 0.15) is 16.7 Å². The van der Waals surface area contributed by atoms with Gasteiger partial charge in [-0.05, 0) is 6.92 Å². The van der Waals surface area contributed by atoms with Crippen molar-refractivity contribution in [1.82, 2.24) is 0 Å². The SMILES string of the molecule is COCc1cc(C)cc(COC)c1OC(F)(F)S(=O)(=O)O. The molecule has 0 amide bonds. The van der Waals surface area contributed by atoms with Crippen LogP contribution in [-0.4, -0.2) is 32.6 Å². The van der Waals surface area contributed by atoms with Gasteiger partial charge in [0.05, 0.1) is 13.2 Å². The van der Waals surface area contributed by atoms with Gasteiger partial charge < -0.3 is 14.2 Å². The molecule has 0 spiro atoms. The molecule has 0 unspecified atom stereocenters. The van der Waals surface area contributed by atoms with Gasteiger partial charge in [-0.3, -0.25) is 4.55 Å². The molecule has 0 saturated carbocycles. The number of ether oxygens (including phenoxy) is 3. The number of hydrogen-bond acceptors (Lipinski definition) is 5. The van der Waals surface area contributed by atoms with Crippen LogP contribution in [0.25, 0.3) is 0 Å². The molecular weight excluding hydrogens is 310 g/mol. The number of methoxy groups -OCH3 is 2. The fourth-order valence-electron chi connectivity index (χ4n) is 1.76. The lowest BCUT2D eigenvalue weighted by Gasteiger charge is -2.20. The molecule has 0 fully saturated rings. The topological polar surface area (TPSA) is 82.1 Å². The minimum absolute atomic E-state index is 0.0741. The molecule has 0 atom stereocenters. The minimum atomic E-state index is -5.71. The van der Waals surface area contributed by atoms with E-state index in [1.165, 1.54) is 26.4 Å². The van der Waals surface area contributed by atoms with Gasteiger partial charge in [0.25, 0.3) is 0 Å². The van der Waals surface area contributed by atoms with Crippen LogP contribution >= 0.6 is 0 Å². The van der Waals surface area contributed by atoms with Crippen LogP contribution in [0.3, 0.4) is 0 Å². The predicted octanol–water partition coefficient (Wildman–Crippen LogP) is 2.10. The third-order valence-electron chi connectivity index (χ3n) is 2.51. The van der Waals surface area contributed by atoms with E-state index in [0.29, 0.717) is 0 Å². The lowest BCUT2D eigenvalue weighted by molar-refractivity contribution is -0.105. The zero-order chi connectivity index (χ0) is 16.3. The largest absolute Gasteiger partial charge is 0.533 e. The molecule has 0 aliphatic rings. The Kier molecular flexibility index (Phi) is 5.62. The monoisotopic (exact) mass is 326 g/mol. The quantitative estimate of drug-likeness (QED) is 0.773. The highest BCUT2D eigenvalue weighted by Crippen LogP contribution is 2.33. The van der Waals surface area contributed by atoms with Gasteiger partial charge in [0.15, 0.2) is 0 Å². The summed E-state index contributed by atoms with van der Waals surface area (Å²) in [6.07, 6.45) is 0. The predicted molar refractivity (Wildman–Crippen MR) is 69.7 cm³/mol. The van der Waals surface area contributed by atoms with E-state index in [4.69, 9.17) is 14.0 Å². The van der Waals surface area contributed by atoms with Crippen molar-refractivity contribution in [2.75, 3.05) is 14.2 Å². The van der Waals surface area contributed by atoms with E-state index in [-0.39, 0.29) is 24.3 Å². The summed E-state index contributed by atoms with van der Waals surface area (Å²) in [6, 6.07) is 3.02. The van der Waals surface area contributed by atoms with Crippen molar-refractivity contribution < 1.29 is 36.0 Å². The molecule has 1 N–H and O–H groups in total. The van der Waals surface area contributed by atoms with Gasteiger partial charge in [-0.2, -0.15) is 8.42 Å². The van der Waals surface area contributed by atoms with Crippen LogP contribution in [0.5, 0.6) is 5.75 Å². The fourth-order valence-corrected chi connectivity index (χ4v) is 1.95. The lowest BCUT2D eigenvalue weighted by atomic mass is 10.1. The summed E-state index contributed by atoms with van der Waals surface area (Å²) in [5, 5.41) is 0. The van der Waals surface area contributed by atoms with Crippen molar-refractivity contribution in [3.05, 3.63) is 28.8 Å². The molecular formula is C12H16F2O6S. The van der Waals surface area contributed by atoms with E-state index in [9.17, 15) is 17.2 Å². The standard InChI is InChI=1S/C12H16F2O6S/c1-8-4-9(6-18-2)11(10(5-8)7-19-3)20-12(13,14)21(15,16)17/h4-5H,6-7H2,1-3H3,(H,15,16,17). The minimum Gasteiger partial charge on any atom is -0.418 e. The summed E-state index contributed by atoms with van der Waals surface area (Å²) in [6.45, 7) is 1.58. The van der Waals surface area contributed by atoms with Gasteiger partial charge >= 0.3 is 15.6 Å². The lowest BCUT2D eigenvalue weighted by Crippen LogP contribution is -2.35. The number of benzene rings is 1. The van der Waals surface area contributed by atoms with Crippen molar-refractivity contribution in [1.29, 1.82) is 0 Å². The van der Waals surface area contributed by atoms with Crippen LogP contribution in [0.2, 0.25) is 0 Å². The molecule has 0 radical (unpaired) electrons. The van der Waals surface area contributed by atoms with Gasteiger partial charge in [-0.1, -0.05) is 17.7 Å². The van der Waals surface area contributed by atoms with Gasteiger partial charge in [0.1, 0.15) is 5.75 Å². The molecule has 0 heterocycles. The smallest absolute Gasteiger partial charge is 0.418 e. The second kappa shape index (κ2) is 6.65. The third-order valence-corrected chi connectivity index (χ3v) is 3.19. The van der Waals surface area contributed by atoms with E-state index in [1.54, 1.807) is 6.92 Å². The maximum absolute atomic E-state index is 13.4. The summed E-state index contributed by atoms with van der Waals surface area (Å²) in [5.41, 5.74) is -3.61. The van der Waals surface area contributed by atoms with E-state index in [0.717, 1.165) is 5.56 Å². The van der Waals surface area contributed by atoms with Gasteiger partial charge in [-0.15, -0.1) is 8.78 Å². The molecule has 21 heavy (non-hydrogen) atoms. The molecule has 1 aromatic rings. The van der Waals surface area contributed by atoms with Crippen molar-refractivity contribution in [2.45, 2.75) is 25.6 Å². The van der Waals surface area contributed by atoms with E-state index in [2.05, 4.69) is 4.74 Å². The van der Waals surface area contributed by atoms with Crippen molar-refractivity contribution in [3.8, 4) is 5.75 Å². The molecule has 0 aliphatic carbocycles. The summed E-state index contributed by atoms with van der Waals surface area (Å²) >= 11 is 0. The first kappa shape index (κ1) is 17.8. The Morgan fingerprint density at radius 3 is 1.90 bits per heavy atom. The zero-order valence-electron chi connectivity index (χ0n) is 11.7. The second-order valence-electron chi connectivity index (χ2n) is 4.32. The van der Waals surface area contributed by atoms with Crippen molar-refractivity contribution >= 4 is 10.1 Å². The highest BCUT2D eigenvalue weighted by Gasteiger charge is 2.48. The van der Waals surface area contributed by atoms with Crippen LogP contribution in [0.4, 0.5) is 8.78 Å². The Hall–Kier alpha value is -1.29. The summed E-state index contributed by atoms with van der Waals surface area (Å²) < 4.78 is 70.7. The molecule has 120 valence electrons. The van der Waals surface area contributed by atoms with Crippen molar-refractivity contribution in [3.63, 3.8) is 0 Å². The Bertz CT molecular complexity index is 573. The van der Waals surface area contributed by atoms with E-state index in [1.807, 2.05) is 0 Å². The third kappa shape index (κ3) is 4.34. The Morgan fingerprint density at radius 1 is 1.14 bits per heavy atom.